The average molecular weight is 351 g/mol. The Hall–Kier alpha value is -1.86. The zero-order chi connectivity index (χ0) is 18.0. The molecule has 0 radical (unpaired) electrons. The van der Waals surface area contributed by atoms with Crippen molar-refractivity contribution in [2.24, 2.45) is 7.05 Å². The number of aromatic nitrogens is 2. The van der Waals surface area contributed by atoms with Crippen molar-refractivity contribution in [3.63, 3.8) is 0 Å². The summed E-state index contributed by atoms with van der Waals surface area (Å²) >= 11 is 0. The molecule has 0 bridgehead atoms. The van der Waals surface area contributed by atoms with Crippen molar-refractivity contribution in [3.05, 3.63) is 41.7 Å². The minimum Gasteiger partial charge on any atom is -0.497 e. The molecular formula is C17H25N3O3S. The average Bonchev–Trinajstić information content (AvgIpc) is 2.91. The number of nitrogens with one attached hydrogen (secondary N) is 1. The van der Waals surface area contributed by atoms with Gasteiger partial charge in [-0.05, 0) is 24.1 Å². The van der Waals surface area contributed by atoms with Gasteiger partial charge in [0.25, 0.3) is 0 Å². The van der Waals surface area contributed by atoms with E-state index in [1.807, 2.05) is 45.0 Å². The first-order valence-corrected chi connectivity index (χ1v) is 9.28. The quantitative estimate of drug-likeness (QED) is 0.866. The molecule has 0 fully saturated rings. The number of aryl methyl sites for hydroxylation is 1. The molecule has 0 aliphatic rings. The van der Waals surface area contributed by atoms with E-state index in [2.05, 4.69) is 9.82 Å². The summed E-state index contributed by atoms with van der Waals surface area (Å²) in [7, 11) is -0.252. The summed E-state index contributed by atoms with van der Waals surface area (Å²) in [6.45, 7) is 6.18. The highest BCUT2D eigenvalue weighted by atomic mass is 32.2. The summed E-state index contributed by atoms with van der Waals surface area (Å²) in [5.41, 5.74) is 1.27. The van der Waals surface area contributed by atoms with Crippen LogP contribution in [0.5, 0.6) is 5.75 Å². The van der Waals surface area contributed by atoms with Gasteiger partial charge >= 0.3 is 0 Å². The summed E-state index contributed by atoms with van der Waals surface area (Å²) in [5.74, 6) is 0.782. The SMILES string of the molecule is COc1ccc(CCNS(=O)(=O)c2cn(C)nc2C(C)(C)C)cc1. The Morgan fingerprint density at radius 2 is 1.83 bits per heavy atom. The third-order valence-electron chi connectivity index (χ3n) is 3.66. The molecule has 1 aromatic carbocycles. The maximum Gasteiger partial charge on any atom is 0.244 e. The maximum absolute atomic E-state index is 12.6. The van der Waals surface area contributed by atoms with Gasteiger partial charge in [-0.3, -0.25) is 4.68 Å². The number of rotatable bonds is 6. The minimum absolute atomic E-state index is 0.243. The molecule has 0 spiro atoms. The number of ether oxygens (including phenoxy) is 1. The Morgan fingerprint density at radius 1 is 1.21 bits per heavy atom. The third-order valence-corrected chi connectivity index (χ3v) is 5.12. The number of nitrogens with zero attached hydrogens (tertiary/aromatic N) is 2. The molecular weight excluding hydrogens is 326 g/mol. The molecule has 0 amide bonds. The first-order chi connectivity index (χ1) is 11.1. The van der Waals surface area contributed by atoms with Gasteiger partial charge in [0, 0.05) is 25.2 Å². The van der Waals surface area contributed by atoms with E-state index < -0.39 is 10.0 Å². The highest BCUT2D eigenvalue weighted by Gasteiger charge is 2.29. The highest BCUT2D eigenvalue weighted by molar-refractivity contribution is 7.89. The summed E-state index contributed by atoms with van der Waals surface area (Å²) in [6.07, 6.45) is 2.16. The first kappa shape index (κ1) is 18.5. The topological polar surface area (TPSA) is 73.2 Å². The van der Waals surface area contributed by atoms with Gasteiger partial charge < -0.3 is 4.74 Å². The van der Waals surface area contributed by atoms with Crippen molar-refractivity contribution in [2.45, 2.75) is 37.5 Å². The van der Waals surface area contributed by atoms with Gasteiger partial charge in [0.1, 0.15) is 10.6 Å². The molecule has 0 saturated heterocycles. The van der Waals surface area contributed by atoms with E-state index in [1.165, 1.54) is 0 Å². The Morgan fingerprint density at radius 3 is 2.38 bits per heavy atom. The number of sulfonamides is 1. The van der Waals surface area contributed by atoms with E-state index in [-0.39, 0.29) is 10.3 Å². The van der Waals surface area contributed by atoms with E-state index in [9.17, 15) is 8.42 Å². The number of benzene rings is 1. The molecule has 24 heavy (non-hydrogen) atoms. The molecule has 7 heteroatoms. The van der Waals surface area contributed by atoms with Crippen molar-refractivity contribution in [1.82, 2.24) is 14.5 Å². The van der Waals surface area contributed by atoms with Crippen LogP contribution in [0.2, 0.25) is 0 Å². The number of hydrogen-bond acceptors (Lipinski definition) is 4. The second-order valence-corrected chi connectivity index (χ2v) is 8.50. The number of methoxy groups -OCH3 is 1. The van der Waals surface area contributed by atoms with Crippen molar-refractivity contribution < 1.29 is 13.2 Å². The lowest BCUT2D eigenvalue weighted by Gasteiger charge is -2.17. The van der Waals surface area contributed by atoms with Crippen molar-refractivity contribution in [3.8, 4) is 5.75 Å². The molecule has 0 saturated carbocycles. The molecule has 2 rings (SSSR count). The summed E-state index contributed by atoms with van der Waals surface area (Å²) < 4.78 is 34.6. The maximum atomic E-state index is 12.6. The van der Waals surface area contributed by atoms with Crippen molar-refractivity contribution in [2.75, 3.05) is 13.7 Å². The van der Waals surface area contributed by atoms with Crippen LogP contribution in [0.4, 0.5) is 0 Å². The normalized spacial score (nSPS) is 12.4. The van der Waals surface area contributed by atoms with Crippen LogP contribution in [0.25, 0.3) is 0 Å². The lowest BCUT2D eigenvalue weighted by Crippen LogP contribution is -2.28. The largest absolute Gasteiger partial charge is 0.497 e. The lowest BCUT2D eigenvalue weighted by molar-refractivity contribution is 0.414. The standard InChI is InChI=1S/C17H25N3O3S/c1-17(2,3)16-15(12-20(4)19-16)24(21,22)18-11-10-13-6-8-14(23-5)9-7-13/h6-9,12,18H,10-11H2,1-5H3. The van der Waals surface area contributed by atoms with Gasteiger partial charge in [-0.25, -0.2) is 13.1 Å². The van der Waals surface area contributed by atoms with E-state index in [0.717, 1.165) is 11.3 Å². The molecule has 1 N–H and O–H groups in total. The van der Waals surface area contributed by atoms with Crippen LogP contribution in [0.1, 0.15) is 32.0 Å². The second-order valence-electron chi connectivity index (χ2n) is 6.76. The Kier molecular flexibility index (Phi) is 5.35. The summed E-state index contributed by atoms with van der Waals surface area (Å²) in [4.78, 5) is 0.243. The third kappa shape index (κ3) is 4.36. The molecule has 2 aromatic rings. The fourth-order valence-corrected chi connectivity index (χ4v) is 3.80. The van der Waals surface area contributed by atoms with Crippen LogP contribution in [0.15, 0.2) is 35.4 Å². The van der Waals surface area contributed by atoms with Crippen LogP contribution in [-0.2, 0) is 28.9 Å². The van der Waals surface area contributed by atoms with E-state index in [4.69, 9.17) is 4.74 Å². The Balaban J connectivity index is 2.09. The van der Waals surface area contributed by atoms with Crippen LogP contribution < -0.4 is 9.46 Å². The Bertz CT molecular complexity index is 787. The molecule has 0 aliphatic carbocycles. The predicted molar refractivity (Wildman–Crippen MR) is 93.8 cm³/mol. The smallest absolute Gasteiger partial charge is 0.244 e. The van der Waals surface area contributed by atoms with Crippen LogP contribution in [0, 0.1) is 0 Å². The van der Waals surface area contributed by atoms with Gasteiger partial charge in [-0.15, -0.1) is 0 Å². The molecule has 1 heterocycles. The van der Waals surface area contributed by atoms with Gasteiger partial charge in [-0.2, -0.15) is 5.10 Å². The fourth-order valence-electron chi connectivity index (χ4n) is 2.38. The van der Waals surface area contributed by atoms with E-state index in [1.54, 1.807) is 25.0 Å². The summed E-state index contributed by atoms with van der Waals surface area (Å²) in [6, 6.07) is 7.58. The van der Waals surface area contributed by atoms with Gasteiger partial charge in [-0.1, -0.05) is 32.9 Å². The fraction of sp³-hybridized carbons (Fsp3) is 0.471. The van der Waals surface area contributed by atoms with Crippen molar-refractivity contribution in [1.29, 1.82) is 0 Å². The lowest BCUT2D eigenvalue weighted by atomic mass is 9.92. The first-order valence-electron chi connectivity index (χ1n) is 7.80. The van der Waals surface area contributed by atoms with Crippen LogP contribution >= 0.6 is 0 Å². The van der Waals surface area contributed by atoms with Gasteiger partial charge in [0.05, 0.1) is 12.8 Å². The monoisotopic (exact) mass is 351 g/mol. The van der Waals surface area contributed by atoms with E-state index in [0.29, 0.717) is 18.7 Å². The second kappa shape index (κ2) is 6.94. The zero-order valence-electron chi connectivity index (χ0n) is 14.8. The van der Waals surface area contributed by atoms with Gasteiger partial charge in [0.15, 0.2) is 0 Å². The molecule has 0 unspecified atom stereocenters. The predicted octanol–water partition coefficient (Wildman–Crippen LogP) is 2.25. The molecule has 132 valence electrons. The van der Waals surface area contributed by atoms with Gasteiger partial charge in [0.2, 0.25) is 10.0 Å². The molecule has 0 aliphatic heterocycles. The van der Waals surface area contributed by atoms with E-state index >= 15 is 0 Å². The van der Waals surface area contributed by atoms with Crippen LogP contribution in [0.3, 0.4) is 0 Å². The molecule has 6 nitrogen and oxygen atoms in total. The Labute approximate surface area is 143 Å². The summed E-state index contributed by atoms with van der Waals surface area (Å²) in [5, 5.41) is 4.32. The van der Waals surface area contributed by atoms with Crippen molar-refractivity contribution >= 4 is 10.0 Å². The minimum atomic E-state index is -3.59. The highest BCUT2D eigenvalue weighted by Crippen LogP contribution is 2.27. The zero-order valence-corrected chi connectivity index (χ0v) is 15.6. The number of hydrogen-bond donors (Lipinski definition) is 1. The molecule has 1 aromatic heterocycles. The molecule has 0 atom stereocenters. The van der Waals surface area contributed by atoms with Crippen LogP contribution in [-0.4, -0.2) is 31.9 Å².